The molecule has 3 nitrogen and oxygen atoms in total. The highest BCUT2D eigenvalue weighted by atomic mass is 19.1. The van der Waals surface area contributed by atoms with E-state index in [2.05, 4.69) is 0 Å². The Kier molecular flexibility index (Phi) is 3.22. The van der Waals surface area contributed by atoms with Crippen molar-refractivity contribution in [1.82, 2.24) is 0 Å². The molecule has 0 amide bonds. The number of hydrogen-bond donors (Lipinski definition) is 1. The summed E-state index contributed by atoms with van der Waals surface area (Å²) in [6, 6.07) is 9.33. The Hall–Kier alpha value is -1.81. The van der Waals surface area contributed by atoms with E-state index in [9.17, 15) is 4.39 Å². The van der Waals surface area contributed by atoms with Crippen LogP contribution in [0.5, 0.6) is 5.75 Å². The molecule has 0 radical (unpaired) electrons. The first-order chi connectivity index (χ1) is 7.77. The van der Waals surface area contributed by atoms with Gasteiger partial charge in [0.1, 0.15) is 12.4 Å². The van der Waals surface area contributed by atoms with E-state index < -0.39 is 11.9 Å². The Labute approximate surface area is 92.6 Å². The zero-order valence-corrected chi connectivity index (χ0v) is 8.60. The fourth-order valence-electron chi connectivity index (χ4n) is 1.33. The highest BCUT2D eigenvalue weighted by molar-refractivity contribution is 5.23. The molecule has 2 rings (SSSR count). The van der Waals surface area contributed by atoms with Gasteiger partial charge in [-0.15, -0.1) is 0 Å². The number of hydrogen-bond acceptors (Lipinski definition) is 3. The van der Waals surface area contributed by atoms with Gasteiger partial charge < -0.3 is 14.9 Å². The van der Waals surface area contributed by atoms with Crippen LogP contribution in [0, 0.1) is 5.82 Å². The lowest BCUT2D eigenvalue weighted by Crippen LogP contribution is -2.18. The van der Waals surface area contributed by atoms with Gasteiger partial charge in [0.2, 0.25) is 0 Å². The molecular weight excluding hydrogens is 209 g/mol. The molecule has 4 heteroatoms. The Morgan fingerprint density at radius 3 is 2.75 bits per heavy atom. The zero-order valence-electron chi connectivity index (χ0n) is 8.60. The monoisotopic (exact) mass is 221 g/mol. The van der Waals surface area contributed by atoms with Crippen LogP contribution < -0.4 is 10.5 Å². The van der Waals surface area contributed by atoms with Crippen LogP contribution in [-0.4, -0.2) is 6.61 Å². The number of para-hydroxylation sites is 1. The van der Waals surface area contributed by atoms with Gasteiger partial charge in [0.05, 0.1) is 12.3 Å². The highest BCUT2D eigenvalue weighted by Crippen LogP contribution is 2.18. The second-order valence-corrected chi connectivity index (χ2v) is 3.36. The summed E-state index contributed by atoms with van der Waals surface area (Å²) in [4.78, 5) is 0. The molecular formula is C12H12FNO2. The lowest BCUT2D eigenvalue weighted by molar-refractivity contribution is 0.262. The Morgan fingerprint density at radius 1 is 1.25 bits per heavy atom. The van der Waals surface area contributed by atoms with Crippen molar-refractivity contribution in [1.29, 1.82) is 0 Å². The summed E-state index contributed by atoms with van der Waals surface area (Å²) < 4.78 is 23.6. The minimum absolute atomic E-state index is 0.175. The third kappa shape index (κ3) is 2.41. The Morgan fingerprint density at radius 2 is 2.06 bits per heavy atom. The first-order valence-corrected chi connectivity index (χ1v) is 4.93. The van der Waals surface area contributed by atoms with Crippen LogP contribution in [0.3, 0.4) is 0 Å². The van der Waals surface area contributed by atoms with Crippen molar-refractivity contribution in [3.63, 3.8) is 0 Å². The van der Waals surface area contributed by atoms with Gasteiger partial charge in [-0.25, -0.2) is 4.39 Å². The maximum Gasteiger partial charge on any atom is 0.165 e. The third-order valence-corrected chi connectivity index (χ3v) is 2.16. The molecule has 1 aromatic heterocycles. The molecule has 0 saturated carbocycles. The van der Waals surface area contributed by atoms with Crippen molar-refractivity contribution in [2.75, 3.05) is 6.61 Å². The molecule has 1 atom stereocenters. The molecule has 0 aliphatic carbocycles. The first-order valence-electron chi connectivity index (χ1n) is 4.93. The number of halogens is 1. The lowest BCUT2D eigenvalue weighted by Gasteiger charge is -2.11. The van der Waals surface area contributed by atoms with Crippen molar-refractivity contribution in [2.24, 2.45) is 5.73 Å². The molecule has 0 fully saturated rings. The quantitative estimate of drug-likeness (QED) is 0.862. The third-order valence-electron chi connectivity index (χ3n) is 2.16. The number of nitrogens with two attached hydrogens (primary N) is 1. The molecule has 0 saturated heterocycles. The lowest BCUT2D eigenvalue weighted by atomic mass is 10.2. The highest BCUT2D eigenvalue weighted by Gasteiger charge is 2.10. The van der Waals surface area contributed by atoms with Crippen LogP contribution in [0.25, 0.3) is 0 Å². The SMILES string of the molecule is NC(COc1ccccc1F)c1ccco1. The molecule has 1 aromatic carbocycles. The van der Waals surface area contributed by atoms with Crippen LogP contribution in [0.2, 0.25) is 0 Å². The molecule has 0 aliphatic rings. The van der Waals surface area contributed by atoms with E-state index in [1.807, 2.05) is 0 Å². The van der Waals surface area contributed by atoms with Gasteiger partial charge in [-0.05, 0) is 24.3 Å². The standard InChI is InChI=1S/C12H12FNO2/c13-9-4-1-2-5-11(9)16-8-10(14)12-6-3-7-15-12/h1-7,10H,8,14H2. The van der Waals surface area contributed by atoms with Gasteiger partial charge in [0.15, 0.2) is 11.6 Å². The van der Waals surface area contributed by atoms with E-state index in [1.165, 1.54) is 12.3 Å². The van der Waals surface area contributed by atoms with Gasteiger partial charge in [0, 0.05) is 0 Å². The minimum Gasteiger partial charge on any atom is -0.488 e. The van der Waals surface area contributed by atoms with E-state index in [1.54, 1.807) is 30.3 Å². The summed E-state index contributed by atoms with van der Waals surface area (Å²) in [6.07, 6.45) is 1.54. The molecule has 0 spiro atoms. The summed E-state index contributed by atoms with van der Waals surface area (Å²) in [5.74, 6) is 0.426. The largest absolute Gasteiger partial charge is 0.488 e. The van der Waals surface area contributed by atoms with E-state index in [0.717, 1.165) is 0 Å². The first kappa shape index (κ1) is 10.7. The van der Waals surface area contributed by atoms with Crippen molar-refractivity contribution in [3.05, 3.63) is 54.2 Å². The topological polar surface area (TPSA) is 48.4 Å². The summed E-state index contributed by atoms with van der Waals surface area (Å²) in [7, 11) is 0. The molecule has 0 bridgehead atoms. The van der Waals surface area contributed by atoms with Crippen LogP contribution >= 0.6 is 0 Å². The molecule has 1 heterocycles. The van der Waals surface area contributed by atoms with Gasteiger partial charge in [-0.2, -0.15) is 0 Å². The van der Waals surface area contributed by atoms with Crippen molar-refractivity contribution in [2.45, 2.75) is 6.04 Å². The average Bonchev–Trinajstić information content (AvgIpc) is 2.81. The number of ether oxygens (including phenoxy) is 1. The molecule has 16 heavy (non-hydrogen) atoms. The summed E-state index contributed by atoms with van der Waals surface area (Å²) >= 11 is 0. The maximum absolute atomic E-state index is 13.2. The van der Waals surface area contributed by atoms with Crippen LogP contribution in [0.1, 0.15) is 11.8 Å². The average molecular weight is 221 g/mol. The van der Waals surface area contributed by atoms with Crippen LogP contribution in [0.4, 0.5) is 4.39 Å². The van der Waals surface area contributed by atoms with Crippen molar-refractivity contribution < 1.29 is 13.5 Å². The smallest absolute Gasteiger partial charge is 0.165 e. The van der Waals surface area contributed by atoms with Gasteiger partial charge in [-0.1, -0.05) is 12.1 Å². The summed E-state index contributed by atoms with van der Waals surface area (Å²) in [5.41, 5.74) is 5.80. The van der Waals surface area contributed by atoms with Crippen LogP contribution in [0.15, 0.2) is 47.1 Å². The molecule has 1 unspecified atom stereocenters. The second-order valence-electron chi connectivity index (χ2n) is 3.36. The molecule has 2 N–H and O–H groups in total. The van der Waals surface area contributed by atoms with E-state index in [0.29, 0.717) is 5.76 Å². The van der Waals surface area contributed by atoms with E-state index in [-0.39, 0.29) is 12.4 Å². The second kappa shape index (κ2) is 4.81. The zero-order chi connectivity index (χ0) is 11.4. The fourth-order valence-corrected chi connectivity index (χ4v) is 1.33. The normalized spacial score (nSPS) is 12.4. The van der Waals surface area contributed by atoms with E-state index in [4.69, 9.17) is 14.9 Å². The Balaban J connectivity index is 1.95. The maximum atomic E-state index is 13.2. The fraction of sp³-hybridized carbons (Fsp3) is 0.167. The van der Waals surface area contributed by atoms with Gasteiger partial charge >= 0.3 is 0 Å². The van der Waals surface area contributed by atoms with Crippen LogP contribution in [-0.2, 0) is 0 Å². The summed E-state index contributed by atoms with van der Waals surface area (Å²) in [6.45, 7) is 0.175. The van der Waals surface area contributed by atoms with E-state index >= 15 is 0 Å². The Bertz CT molecular complexity index is 442. The summed E-state index contributed by atoms with van der Waals surface area (Å²) in [5, 5.41) is 0. The minimum atomic E-state index is -0.394. The van der Waals surface area contributed by atoms with Gasteiger partial charge in [-0.3, -0.25) is 0 Å². The number of rotatable bonds is 4. The van der Waals surface area contributed by atoms with Crippen molar-refractivity contribution in [3.8, 4) is 5.75 Å². The molecule has 0 aliphatic heterocycles. The predicted molar refractivity (Wildman–Crippen MR) is 57.5 cm³/mol. The predicted octanol–water partition coefficient (Wildman–Crippen LogP) is 2.50. The number of furan rings is 1. The number of benzene rings is 1. The molecule has 84 valence electrons. The van der Waals surface area contributed by atoms with Gasteiger partial charge in [0.25, 0.3) is 0 Å². The van der Waals surface area contributed by atoms with Crippen molar-refractivity contribution >= 4 is 0 Å². The molecule has 2 aromatic rings.